The van der Waals surface area contributed by atoms with E-state index in [4.69, 9.17) is 14.5 Å². The van der Waals surface area contributed by atoms with Gasteiger partial charge in [-0.3, -0.25) is 29.2 Å². The Balaban J connectivity index is 1.29. The van der Waals surface area contributed by atoms with Gasteiger partial charge in [0, 0.05) is 74.8 Å². The summed E-state index contributed by atoms with van der Waals surface area (Å²) >= 11 is 0. The molecule has 0 spiro atoms. The highest BCUT2D eigenvalue weighted by Crippen LogP contribution is 2.42. The Kier molecular flexibility index (Phi) is 15.4. The molecule has 3 aliphatic rings. The number of hydrogen-bond acceptors (Lipinski definition) is 11. The van der Waals surface area contributed by atoms with Gasteiger partial charge in [-0.15, -0.1) is 0 Å². The van der Waals surface area contributed by atoms with Crippen LogP contribution < -0.4 is 10.7 Å². The third kappa shape index (κ3) is 10.6. The van der Waals surface area contributed by atoms with Crippen molar-refractivity contribution >= 4 is 44.6 Å². The summed E-state index contributed by atoms with van der Waals surface area (Å²) in [5.74, 6) is -3.05. The number of ether oxygens (including phenoxy) is 2. The first-order chi connectivity index (χ1) is 32.7. The average molecular weight is 968 g/mol. The molecule has 0 saturated carbocycles. The SMILES string of the molecule is C/C=C(\C)S(=O)(=O)N1CC[C@H](C(=O)N(C)C(C(=O)N[C@H]2Cc3cc(O)cc(c3)-c3ccc4c(c3)c(c(-c3cccnc3[C@H](C)OC)n4CC)CC(C)(C)COC(=O)[C@@H]3CCCN(N3)C2=O)C(C)C)C1. The van der Waals surface area contributed by atoms with Crippen molar-refractivity contribution in [3.8, 4) is 28.1 Å². The van der Waals surface area contributed by atoms with Crippen LogP contribution in [-0.4, -0.2) is 120 Å². The number of methoxy groups -OCH3 is 1. The number of esters is 1. The number of rotatable bonds is 11. The number of benzene rings is 2. The molecular weight excluding hydrogens is 899 g/mol. The van der Waals surface area contributed by atoms with Gasteiger partial charge in [0.05, 0.1) is 34.9 Å². The Hall–Kier alpha value is -5.62. The number of carbonyl (C=O) groups is 4. The van der Waals surface area contributed by atoms with Gasteiger partial charge in [0.2, 0.25) is 21.8 Å². The summed E-state index contributed by atoms with van der Waals surface area (Å²) in [4.78, 5) is 63.8. The molecular formula is C52H69N7O9S. The summed E-state index contributed by atoms with van der Waals surface area (Å²) in [5.41, 5.74) is 9.40. The quantitative estimate of drug-likeness (QED) is 0.139. The lowest BCUT2D eigenvalue weighted by Crippen LogP contribution is -2.62. The lowest BCUT2D eigenvalue weighted by Gasteiger charge is -2.37. The molecule has 3 N–H and O–H groups in total. The van der Waals surface area contributed by atoms with E-state index in [1.54, 1.807) is 46.2 Å². The monoisotopic (exact) mass is 967 g/mol. The van der Waals surface area contributed by atoms with Crippen LogP contribution in [0, 0.1) is 17.3 Å². The number of pyridine rings is 1. The smallest absolute Gasteiger partial charge is 0.324 e. The molecule has 5 atom stereocenters. The molecule has 3 aliphatic heterocycles. The summed E-state index contributed by atoms with van der Waals surface area (Å²) in [7, 11) is -0.525. The summed E-state index contributed by atoms with van der Waals surface area (Å²) in [5, 5.41) is 16.7. The average Bonchev–Trinajstić information content (AvgIpc) is 3.95. The van der Waals surface area contributed by atoms with E-state index >= 15 is 0 Å². The van der Waals surface area contributed by atoms with Crippen LogP contribution in [0.25, 0.3) is 33.3 Å². The minimum Gasteiger partial charge on any atom is -0.508 e. The number of likely N-dealkylation sites (N-methyl/N-ethyl adjacent to an activating group) is 1. The van der Waals surface area contributed by atoms with Gasteiger partial charge in [0.15, 0.2) is 0 Å². The van der Waals surface area contributed by atoms with E-state index in [9.17, 15) is 32.7 Å². The van der Waals surface area contributed by atoms with E-state index in [2.05, 4.69) is 54.3 Å². The molecule has 4 aromatic rings. The van der Waals surface area contributed by atoms with E-state index in [0.29, 0.717) is 43.4 Å². The number of aromatic nitrogens is 2. The molecule has 3 amide bonds. The maximum absolute atomic E-state index is 14.8. The molecule has 16 nitrogen and oxygen atoms in total. The van der Waals surface area contributed by atoms with Crippen molar-refractivity contribution in [3.63, 3.8) is 0 Å². The Morgan fingerprint density at radius 3 is 2.54 bits per heavy atom. The second kappa shape index (κ2) is 20.8. The van der Waals surface area contributed by atoms with Crippen LogP contribution in [0.5, 0.6) is 5.75 Å². The Bertz CT molecular complexity index is 2750. The predicted octanol–water partition coefficient (Wildman–Crippen LogP) is 6.51. The van der Waals surface area contributed by atoms with E-state index in [-0.39, 0.29) is 55.3 Å². The highest BCUT2D eigenvalue weighted by Gasteiger charge is 2.42. The zero-order valence-corrected chi connectivity index (χ0v) is 42.5. The third-order valence-electron chi connectivity index (χ3n) is 14.0. The van der Waals surface area contributed by atoms with Crippen LogP contribution in [0.2, 0.25) is 0 Å². The van der Waals surface area contributed by atoms with E-state index < -0.39 is 63.2 Å². The van der Waals surface area contributed by atoms with Crippen LogP contribution in [0.1, 0.15) is 97.6 Å². The van der Waals surface area contributed by atoms with E-state index in [1.165, 1.54) is 34.3 Å². The van der Waals surface area contributed by atoms with Gasteiger partial charge in [0.25, 0.3) is 5.91 Å². The van der Waals surface area contributed by atoms with Gasteiger partial charge >= 0.3 is 5.97 Å². The minimum absolute atomic E-state index is 0.00919. The molecule has 17 heteroatoms. The molecule has 7 rings (SSSR count). The number of hydrazine groups is 1. The van der Waals surface area contributed by atoms with Crippen molar-refractivity contribution in [1.82, 2.24) is 34.5 Å². The van der Waals surface area contributed by atoms with Crippen LogP contribution >= 0.6 is 0 Å². The third-order valence-corrected chi connectivity index (χ3v) is 16.1. The molecule has 1 unspecified atom stereocenters. The maximum atomic E-state index is 14.8. The molecule has 372 valence electrons. The fourth-order valence-electron chi connectivity index (χ4n) is 10.2. The number of aryl methyl sites for hydroxylation is 1. The molecule has 5 heterocycles. The predicted molar refractivity (Wildman–Crippen MR) is 265 cm³/mol. The first-order valence-corrected chi connectivity index (χ1v) is 25.5. The minimum atomic E-state index is -3.73. The Labute approximate surface area is 406 Å². The van der Waals surface area contributed by atoms with Crippen molar-refractivity contribution in [1.29, 1.82) is 0 Å². The molecule has 6 bridgehead atoms. The number of nitrogens with zero attached hydrogens (tertiary/aromatic N) is 5. The number of nitrogens with one attached hydrogen (secondary N) is 2. The lowest BCUT2D eigenvalue weighted by atomic mass is 9.84. The van der Waals surface area contributed by atoms with Crippen LogP contribution in [0.4, 0.5) is 0 Å². The second-order valence-electron chi connectivity index (χ2n) is 19.9. The molecule has 69 heavy (non-hydrogen) atoms. The van der Waals surface area contributed by atoms with Gasteiger partial charge in [0.1, 0.15) is 23.9 Å². The zero-order valence-electron chi connectivity index (χ0n) is 41.7. The van der Waals surface area contributed by atoms with E-state index in [1.807, 2.05) is 25.1 Å². The van der Waals surface area contributed by atoms with Crippen molar-refractivity contribution < 1.29 is 42.2 Å². The van der Waals surface area contributed by atoms with Crippen molar-refractivity contribution in [2.24, 2.45) is 17.3 Å². The summed E-state index contributed by atoms with van der Waals surface area (Å²) in [6.07, 6.45) is 4.69. The maximum Gasteiger partial charge on any atom is 0.324 e. The largest absolute Gasteiger partial charge is 0.508 e. The summed E-state index contributed by atoms with van der Waals surface area (Å²) < 4.78 is 41.7. The molecule has 2 aromatic heterocycles. The normalized spacial score (nSPS) is 21.5. The number of allylic oxidation sites excluding steroid dienone is 2. The van der Waals surface area contributed by atoms with Crippen molar-refractivity contribution in [2.45, 2.75) is 118 Å². The van der Waals surface area contributed by atoms with Gasteiger partial charge in [-0.25, -0.2) is 13.8 Å². The fourth-order valence-corrected chi connectivity index (χ4v) is 11.6. The number of phenols is 1. The molecule has 0 radical (unpaired) electrons. The summed E-state index contributed by atoms with van der Waals surface area (Å²) in [6.45, 7) is 16.2. The number of carbonyl (C=O) groups excluding carboxylic acids is 4. The molecule has 2 aromatic carbocycles. The lowest BCUT2D eigenvalue weighted by molar-refractivity contribution is -0.155. The Morgan fingerprint density at radius 1 is 1.09 bits per heavy atom. The van der Waals surface area contributed by atoms with Crippen LogP contribution in [-0.2, 0) is 58.1 Å². The number of aromatic hydroxyl groups is 1. The van der Waals surface area contributed by atoms with Crippen LogP contribution in [0.3, 0.4) is 0 Å². The first kappa shape index (κ1) is 51.2. The number of hydrogen-bond donors (Lipinski definition) is 3. The topological polar surface area (TPSA) is 193 Å². The van der Waals surface area contributed by atoms with Crippen molar-refractivity contribution in [2.75, 3.05) is 40.4 Å². The number of sulfonamides is 1. The summed E-state index contributed by atoms with van der Waals surface area (Å²) in [6, 6.07) is 12.3. The van der Waals surface area contributed by atoms with Crippen molar-refractivity contribution in [3.05, 3.63) is 82.5 Å². The molecule has 2 fully saturated rings. The molecule has 2 saturated heterocycles. The Morgan fingerprint density at radius 2 is 1.84 bits per heavy atom. The molecule has 0 aliphatic carbocycles. The number of fused-ring (bicyclic) bond motifs is 6. The highest BCUT2D eigenvalue weighted by atomic mass is 32.2. The van der Waals surface area contributed by atoms with Gasteiger partial charge in [-0.1, -0.05) is 45.9 Å². The standard InChI is InChI=1S/C52H69N7O9S/c1-11-32(5)69(65,66)57-22-19-36(29-57)49(62)56(9)46(31(3)4)48(61)54-43-25-34-23-37(26-38(60)24-34)35-17-18-44-40(27-35)41(47(58(44)12-2)39-15-13-20-53-45(39)33(6)67-10)28-52(7,8)30-68-51(64)42-16-14-21-59(55-42)50(43)63/h11,13,15,17-18,20,23-24,26-27,31,33,36,42-43,46,55,60H,12,14,16,19,21-22,25,28-30H2,1-10H3,(H,54,61)/b32-11+/t33-,36-,42-,43-,46?/m0/s1. The van der Waals surface area contributed by atoms with Gasteiger partial charge in [-0.05, 0) is 118 Å². The first-order valence-electron chi connectivity index (χ1n) is 24.1. The van der Waals surface area contributed by atoms with E-state index in [0.717, 1.165) is 39.0 Å². The fraction of sp³-hybridized carbons (Fsp3) is 0.519. The van der Waals surface area contributed by atoms with Crippen LogP contribution in [0.15, 0.2) is 65.7 Å². The highest BCUT2D eigenvalue weighted by molar-refractivity contribution is 7.93. The number of phenolic OH excluding ortho intramolecular Hbond substituents is 1. The second-order valence-corrected chi connectivity index (χ2v) is 22.0. The van der Waals surface area contributed by atoms with Gasteiger partial charge < -0.3 is 29.4 Å². The van der Waals surface area contributed by atoms with Gasteiger partial charge in [-0.2, -0.15) is 4.31 Å². The zero-order chi connectivity index (χ0) is 50.1. The number of cyclic esters (lactones) is 1. The number of amides is 3.